The average Bonchev–Trinajstić information content (AvgIpc) is 2.52. The summed E-state index contributed by atoms with van der Waals surface area (Å²) in [4.78, 5) is 25.0. The van der Waals surface area contributed by atoms with Gasteiger partial charge >= 0.3 is 5.97 Å². The quantitative estimate of drug-likeness (QED) is 0.892. The smallest absolute Gasteiger partial charge is 0.326 e. The summed E-state index contributed by atoms with van der Waals surface area (Å²) in [6.07, 6.45) is 0.294. The molecule has 0 saturated heterocycles. The summed E-state index contributed by atoms with van der Waals surface area (Å²) < 4.78 is 0. The van der Waals surface area contributed by atoms with Gasteiger partial charge in [-0.1, -0.05) is 60.7 Å². The van der Waals surface area contributed by atoms with E-state index in [2.05, 4.69) is 0 Å². The van der Waals surface area contributed by atoms with E-state index in [-0.39, 0.29) is 5.91 Å². The molecule has 1 unspecified atom stereocenters. The van der Waals surface area contributed by atoms with Crippen molar-refractivity contribution in [3.63, 3.8) is 0 Å². The van der Waals surface area contributed by atoms with Gasteiger partial charge in [0.1, 0.15) is 6.04 Å². The third-order valence-corrected chi connectivity index (χ3v) is 3.53. The molecule has 0 aromatic heterocycles. The predicted octanol–water partition coefficient (Wildman–Crippen LogP) is 2.73. The van der Waals surface area contributed by atoms with Gasteiger partial charge in [-0.2, -0.15) is 0 Å². The van der Waals surface area contributed by atoms with Crippen molar-refractivity contribution in [1.29, 1.82) is 0 Å². The Bertz CT molecular complexity index is 568. The first-order valence-electron chi connectivity index (χ1n) is 7.16. The lowest BCUT2D eigenvalue weighted by atomic mass is 10.0. The minimum atomic E-state index is -0.991. The van der Waals surface area contributed by atoms with Gasteiger partial charge in [-0.05, 0) is 11.1 Å². The highest BCUT2D eigenvalue weighted by atomic mass is 16.4. The molecule has 0 heterocycles. The maximum Gasteiger partial charge on any atom is 0.326 e. The zero-order valence-electron chi connectivity index (χ0n) is 12.5. The lowest BCUT2D eigenvalue weighted by Gasteiger charge is -2.28. The topological polar surface area (TPSA) is 57.6 Å². The molecule has 2 rings (SSSR count). The number of carbonyl (C=O) groups is 2. The van der Waals surface area contributed by atoms with E-state index in [1.807, 2.05) is 60.7 Å². The molecule has 0 fully saturated rings. The van der Waals surface area contributed by atoms with Crippen molar-refractivity contribution in [2.75, 3.05) is 0 Å². The van der Waals surface area contributed by atoms with Crippen LogP contribution < -0.4 is 0 Å². The molecule has 0 saturated carbocycles. The fourth-order valence-corrected chi connectivity index (χ4v) is 2.39. The number of hydrogen-bond acceptors (Lipinski definition) is 2. The van der Waals surface area contributed by atoms with Crippen LogP contribution in [0.4, 0.5) is 0 Å². The number of amides is 1. The highest BCUT2D eigenvalue weighted by Gasteiger charge is 2.27. The van der Waals surface area contributed by atoms with E-state index in [4.69, 9.17) is 0 Å². The Balaban J connectivity index is 2.22. The average molecular weight is 297 g/mol. The Labute approximate surface area is 130 Å². The monoisotopic (exact) mass is 297 g/mol. The van der Waals surface area contributed by atoms with Gasteiger partial charge < -0.3 is 10.0 Å². The van der Waals surface area contributed by atoms with Gasteiger partial charge in [0.05, 0.1) is 0 Å². The summed E-state index contributed by atoms with van der Waals surface area (Å²) in [7, 11) is 0. The summed E-state index contributed by atoms with van der Waals surface area (Å²) in [5.74, 6) is -1.23. The summed E-state index contributed by atoms with van der Waals surface area (Å²) >= 11 is 0. The molecule has 0 radical (unpaired) electrons. The minimum Gasteiger partial charge on any atom is -0.480 e. The zero-order valence-corrected chi connectivity index (χ0v) is 12.5. The van der Waals surface area contributed by atoms with Crippen molar-refractivity contribution in [2.24, 2.45) is 0 Å². The Kier molecular flexibility index (Phi) is 5.31. The standard InChI is InChI=1S/C18H19NO3/c1-14(20)19(13-16-10-6-3-7-11-16)17(18(21)22)12-15-8-4-2-5-9-15/h2-11,17H,12-13H2,1H3,(H,21,22). The minimum absolute atomic E-state index is 0.243. The van der Waals surface area contributed by atoms with Crippen molar-refractivity contribution >= 4 is 11.9 Å². The number of rotatable bonds is 6. The van der Waals surface area contributed by atoms with Gasteiger partial charge in [-0.25, -0.2) is 4.79 Å². The van der Waals surface area contributed by atoms with Crippen molar-refractivity contribution in [1.82, 2.24) is 4.90 Å². The molecule has 0 bridgehead atoms. The first-order chi connectivity index (χ1) is 10.6. The third kappa shape index (κ3) is 4.19. The summed E-state index contributed by atoms with van der Waals surface area (Å²) in [6.45, 7) is 1.70. The highest BCUT2D eigenvalue weighted by Crippen LogP contribution is 2.14. The maximum absolute atomic E-state index is 11.9. The van der Waals surface area contributed by atoms with Crippen molar-refractivity contribution in [3.05, 3.63) is 71.8 Å². The lowest BCUT2D eigenvalue weighted by molar-refractivity contribution is -0.149. The largest absolute Gasteiger partial charge is 0.480 e. The Morgan fingerprint density at radius 2 is 1.45 bits per heavy atom. The van der Waals surface area contributed by atoms with Crippen LogP contribution in [0.5, 0.6) is 0 Å². The third-order valence-electron chi connectivity index (χ3n) is 3.53. The molecule has 4 nitrogen and oxygen atoms in total. The Morgan fingerprint density at radius 1 is 0.955 bits per heavy atom. The second kappa shape index (κ2) is 7.41. The fraction of sp³-hybridized carbons (Fsp3) is 0.222. The first kappa shape index (κ1) is 15.8. The van der Waals surface area contributed by atoms with Crippen molar-refractivity contribution in [3.8, 4) is 0 Å². The normalized spacial score (nSPS) is 11.7. The van der Waals surface area contributed by atoms with Crippen LogP contribution in [0.3, 0.4) is 0 Å². The van der Waals surface area contributed by atoms with Gasteiger partial charge in [0.15, 0.2) is 0 Å². The van der Waals surface area contributed by atoms with E-state index in [1.54, 1.807) is 0 Å². The SMILES string of the molecule is CC(=O)N(Cc1ccccc1)C(Cc1ccccc1)C(=O)O. The van der Waals surface area contributed by atoms with Gasteiger partial charge in [0.25, 0.3) is 0 Å². The van der Waals surface area contributed by atoms with Gasteiger partial charge in [0, 0.05) is 19.9 Å². The number of carboxylic acids is 1. The van der Waals surface area contributed by atoms with Gasteiger partial charge in [-0.15, -0.1) is 0 Å². The van der Waals surface area contributed by atoms with E-state index in [0.717, 1.165) is 11.1 Å². The van der Waals surface area contributed by atoms with Crippen LogP contribution in [0.25, 0.3) is 0 Å². The second-order valence-electron chi connectivity index (χ2n) is 5.18. The molecule has 1 atom stereocenters. The van der Waals surface area contributed by atoms with E-state index in [9.17, 15) is 14.7 Å². The van der Waals surface area contributed by atoms with Gasteiger partial charge in [0.2, 0.25) is 5.91 Å². The molecule has 4 heteroatoms. The second-order valence-corrected chi connectivity index (χ2v) is 5.18. The Hall–Kier alpha value is -2.62. The number of nitrogens with zero attached hydrogens (tertiary/aromatic N) is 1. The number of aliphatic carboxylic acids is 1. The summed E-state index contributed by atoms with van der Waals surface area (Å²) in [5.41, 5.74) is 1.81. The predicted molar refractivity (Wildman–Crippen MR) is 84.2 cm³/mol. The molecule has 2 aromatic rings. The fourth-order valence-electron chi connectivity index (χ4n) is 2.39. The molecule has 0 aliphatic heterocycles. The molecule has 22 heavy (non-hydrogen) atoms. The van der Waals surface area contributed by atoms with Crippen LogP contribution in [-0.2, 0) is 22.6 Å². The summed E-state index contributed by atoms with van der Waals surface area (Å²) in [5, 5.41) is 9.54. The van der Waals surface area contributed by atoms with Crippen LogP contribution >= 0.6 is 0 Å². The first-order valence-corrected chi connectivity index (χ1v) is 7.16. The molecule has 0 spiro atoms. The van der Waals surface area contributed by atoms with E-state index in [1.165, 1.54) is 11.8 Å². The molecule has 0 aliphatic carbocycles. The van der Waals surface area contributed by atoms with Crippen molar-refractivity contribution in [2.45, 2.75) is 25.9 Å². The summed E-state index contributed by atoms with van der Waals surface area (Å²) in [6, 6.07) is 17.9. The molecule has 0 aliphatic rings. The van der Waals surface area contributed by atoms with E-state index >= 15 is 0 Å². The molecule has 2 aromatic carbocycles. The molecule has 114 valence electrons. The van der Waals surface area contributed by atoms with Crippen LogP contribution in [0, 0.1) is 0 Å². The Morgan fingerprint density at radius 3 is 1.91 bits per heavy atom. The number of benzene rings is 2. The van der Waals surface area contributed by atoms with E-state index in [0.29, 0.717) is 13.0 Å². The molecule has 1 amide bonds. The maximum atomic E-state index is 11.9. The molecular formula is C18H19NO3. The van der Waals surface area contributed by atoms with Crippen LogP contribution in [0.1, 0.15) is 18.1 Å². The zero-order chi connectivity index (χ0) is 15.9. The van der Waals surface area contributed by atoms with Crippen LogP contribution in [0.2, 0.25) is 0 Å². The number of hydrogen-bond donors (Lipinski definition) is 1. The highest BCUT2D eigenvalue weighted by molar-refractivity contribution is 5.82. The number of carboxylic acid groups (broad SMARTS) is 1. The lowest BCUT2D eigenvalue weighted by Crippen LogP contribution is -2.45. The molecular weight excluding hydrogens is 278 g/mol. The molecule has 1 N–H and O–H groups in total. The number of carbonyl (C=O) groups excluding carboxylic acids is 1. The van der Waals surface area contributed by atoms with Crippen molar-refractivity contribution < 1.29 is 14.7 Å². The van der Waals surface area contributed by atoms with E-state index < -0.39 is 12.0 Å². The van der Waals surface area contributed by atoms with Crippen LogP contribution in [-0.4, -0.2) is 27.9 Å². The van der Waals surface area contributed by atoms with Crippen LogP contribution in [0.15, 0.2) is 60.7 Å². The van der Waals surface area contributed by atoms with Gasteiger partial charge in [-0.3, -0.25) is 4.79 Å².